The standard InChI is InChI=1S/C8H6BrF4N/c9-3-4-1-5(8(11,12)13)6(10)2-7(4)14/h1-2H,3,14H2. The Morgan fingerprint density at radius 3 is 2.29 bits per heavy atom. The summed E-state index contributed by atoms with van der Waals surface area (Å²) in [5, 5.41) is 0.155. The van der Waals surface area contributed by atoms with Gasteiger partial charge in [0.25, 0.3) is 0 Å². The quantitative estimate of drug-likeness (QED) is 0.473. The van der Waals surface area contributed by atoms with Crippen molar-refractivity contribution < 1.29 is 17.6 Å². The lowest BCUT2D eigenvalue weighted by Gasteiger charge is -2.10. The van der Waals surface area contributed by atoms with Crippen LogP contribution in [0.25, 0.3) is 0 Å². The van der Waals surface area contributed by atoms with Crippen LogP contribution in [0.5, 0.6) is 0 Å². The van der Waals surface area contributed by atoms with Gasteiger partial charge in [-0.3, -0.25) is 0 Å². The van der Waals surface area contributed by atoms with Gasteiger partial charge in [0, 0.05) is 11.0 Å². The Kier molecular flexibility index (Phi) is 3.04. The molecule has 0 aliphatic rings. The summed E-state index contributed by atoms with van der Waals surface area (Å²) in [6, 6.07) is 1.39. The van der Waals surface area contributed by atoms with E-state index in [9.17, 15) is 17.6 Å². The molecule has 14 heavy (non-hydrogen) atoms. The van der Waals surface area contributed by atoms with Crippen molar-refractivity contribution in [1.82, 2.24) is 0 Å². The van der Waals surface area contributed by atoms with E-state index < -0.39 is 17.6 Å². The summed E-state index contributed by atoms with van der Waals surface area (Å²) in [6.07, 6.45) is -4.69. The number of rotatable bonds is 1. The molecule has 0 unspecified atom stereocenters. The van der Waals surface area contributed by atoms with Gasteiger partial charge in [0.1, 0.15) is 5.82 Å². The fourth-order valence-corrected chi connectivity index (χ4v) is 1.45. The lowest BCUT2D eigenvalue weighted by atomic mass is 10.1. The number of anilines is 1. The zero-order chi connectivity index (χ0) is 10.9. The Labute approximate surface area is 86.0 Å². The van der Waals surface area contributed by atoms with Gasteiger partial charge in [-0.05, 0) is 17.7 Å². The molecule has 2 N–H and O–H groups in total. The van der Waals surface area contributed by atoms with E-state index in [2.05, 4.69) is 15.9 Å². The number of halogens is 5. The summed E-state index contributed by atoms with van der Waals surface area (Å²) in [7, 11) is 0. The van der Waals surface area contributed by atoms with Crippen LogP contribution in [0.15, 0.2) is 12.1 Å². The van der Waals surface area contributed by atoms with E-state index in [1.807, 2.05) is 0 Å². The molecule has 0 bridgehead atoms. The number of alkyl halides is 4. The van der Waals surface area contributed by atoms with Gasteiger partial charge in [-0.25, -0.2) is 4.39 Å². The second-order valence-electron chi connectivity index (χ2n) is 2.66. The average molecular weight is 272 g/mol. The fourth-order valence-electron chi connectivity index (χ4n) is 0.966. The molecule has 0 saturated carbocycles. The lowest BCUT2D eigenvalue weighted by molar-refractivity contribution is -0.140. The SMILES string of the molecule is Nc1cc(F)c(C(F)(F)F)cc1CBr. The van der Waals surface area contributed by atoms with E-state index in [1.54, 1.807) is 0 Å². The molecular formula is C8H6BrF4N. The maximum atomic E-state index is 12.8. The zero-order valence-corrected chi connectivity index (χ0v) is 8.41. The van der Waals surface area contributed by atoms with Crippen LogP contribution in [0.2, 0.25) is 0 Å². The molecule has 0 saturated heterocycles. The number of hydrogen-bond donors (Lipinski definition) is 1. The Hall–Kier alpha value is -0.780. The summed E-state index contributed by atoms with van der Waals surface area (Å²) in [4.78, 5) is 0. The molecule has 0 radical (unpaired) electrons. The average Bonchev–Trinajstić information content (AvgIpc) is 2.02. The number of benzene rings is 1. The molecule has 0 heterocycles. The van der Waals surface area contributed by atoms with Crippen LogP contribution in [-0.2, 0) is 11.5 Å². The second kappa shape index (κ2) is 3.76. The number of nitrogen functional groups attached to an aromatic ring is 1. The largest absolute Gasteiger partial charge is 0.419 e. The van der Waals surface area contributed by atoms with Crippen LogP contribution < -0.4 is 5.73 Å². The first-order valence-electron chi connectivity index (χ1n) is 3.57. The highest BCUT2D eigenvalue weighted by atomic mass is 79.9. The monoisotopic (exact) mass is 271 g/mol. The third-order valence-electron chi connectivity index (χ3n) is 1.68. The van der Waals surface area contributed by atoms with E-state index >= 15 is 0 Å². The Bertz CT molecular complexity index is 348. The van der Waals surface area contributed by atoms with Crippen molar-refractivity contribution in [1.29, 1.82) is 0 Å². The van der Waals surface area contributed by atoms with Crippen LogP contribution in [0, 0.1) is 5.82 Å². The van der Waals surface area contributed by atoms with Gasteiger partial charge in [-0.1, -0.05) is 15.9 Å². The van der Waals surface area contributed by atoms with Crippen molar-refractivity contribution in [2.45, 2.75) is 11.5 Å². The minimum Gasteiger partial charge on any atom is -0.398 e. The van der Waals surface area contributed by atoms with Gasteiger partial charge < -0.3 is 5.73 Å². The molecule has 0 aromatic heterocycles. The first kappa shape index (κ1) is 11.3. The Balaban J connectivity index is 3.32. The molecule has 0 spiro atoms. The molecular weight excluding hydrogens is 266 g/mol. The third kappa shape index (κ3) is 2.17. The predicted molar refractivity (Wildman–Crippen MR) is 48.4 cm³/mol. The molecule has 0 aliphatic heterocycles. The highest BCUT2D eigenvalue weighted by molar-refractivity contribution is 9.08. The topological polar surface area (TPSA) is 26.0 Å². The summed E-state index contributed by atoms with van der Waals surface area (Å²) in [5.74, 6) is -1.35. The minimum absolute atomic E-state index is 0.00683. The van der Waals surface area contributed by atoms with Gasteiger partial charge in [-0.15, -0.1) is 0 Å². The summed E-state index contributed by atoms with van der Waals surface area (Å²) < 4.78 is 49.4. The minimum atomic E-state index is -4.69. The van der Waals surface area contributed by atoms with Crippen LogP contribution >= 0.6 is 15.9 Å². The maximum absolute atomic E-state index is 12.8. The molecule has 1 aromatic carbocycles. The molecule has 0 amide bonds. The fraction of sp³-hybridized carbons (Fsp3) is 0.250. The molecule has 1 nitrogen and oxygen atoms in total. The van der Waals surface area contributed by atoms with Crippen molar-refractivity contribution >= 4 is 21.6 Å². The molecule has 6 heteroatoms. The van der Waals surface area contributed by atoms with E-state index in [4.69, 9.17) is 5.73 Å². The molecule has 1 aromatic rings. The van der Waals surface area contributed by atoms with Crippen molar-refractivity contribution in [2.24, 2.45) is 0 Å². The lowest BCUT2D eigenvalue weighted by Crippen LogP contribution is -2.10. The normalized spacial score (nSPS) is 11.8. The first-order valence-corrected chi connectivity index (χ1v) is 4.69. The van der Waals surface area contributed by atoms with Crippen LogP contribution in [0.4, 0.5) is 23.2 Å². The van der Waals surface area contributed by atoms with E-state index in [1.165, 1.54) is 0 Å². The Morgan fingerprint density at radius 2 is 1.86 bits per heavy atom. The number of nitrogens with two attached hydrogens (primary N) is 1. The highest BCUT2D eigenvalue weighted by Gasteiger charge is 2.34. The van der Waals surface area contributed by atoms with E-state index in [0.717, 1.165) is 0 Å². The maximum Gasteiger partial charge on any atom is 0.419 e. The summed E-state index contributed by atoms with van der Waals surface area (Å²) in [6.45, 7) is 0. The van der Waals surface area contributed by atoms with Gasteiger partial charge in [0.15, 0.2) is 0 Å². The number of hydrogen-bond acceptors (Lipinski definition) is 1. The Morgan fingerprint density at radius 1 is 1.29 bits per heavy atom. The molecule has 1 rings (SSSR count). The van der Waals surface area contributed by atoms with Crippen LogP contribution in [0.3, 0.4) is 0 Å². The molecule has 0 fully saturated rings. The predicted octanol–water partition coefficient (Wildman–Crippen LogP) is 3.32. The smallest absolute Gasteiger partial charge is 0.398 e. The van der Waals surface area contributed by atoms with Crippen molar-refractivity contribution in [3.05, 3.63) is 29.1 Å². The zero-order valence-electron chi connectivity index (χ0n) is 6.83. The third-order valence-corrected chi connectivity index (χ3v) is 2.28. The summed E-state index contributed by atoms with van der Waals surface area (Å²) >= 11 is 2.96. The van der Waals surface area contributed by atoms with Crippen molar-refractivity contribution in [3.8, 4) is 0 Å². The van der Waals surface area contributed by atoms with Crippen molar-refractivity contribution in [3.63, 3.8) is 0 Å². The highest BCUT2D eigenvalue weighted by Crippen LogP contribution is 2.34. The molecule has 0 aliphatic carbocycles. The van der Waals surface area contributed by atoms with E-state index in [0.29, 0.717) is 12.1 Å². The van der Waals surface area contributed by atoms with Crippen LogP contribution in [-0.4, -0.2) is 0 Å². The molecule has 0 atom stereocenters. The van der Waals surface area contributed by atoms with Gasteiger partial charge in [0.05, 0.1) is 5.56 Å². The van der Waals surface area contributed by atoms with Gasteiger partial charge in [-0.2, -0.15) is 13.2 Å². The first-order chi connectivity index (χ1) is 6.36. The van der Waals surface area contributed by atoms with Gasteiger partial charge >= 0.3 is 6.18 Å². The second-order valence-corrected chi connectivity index (χ2v) is 3.22. The summed E-state index contributed by atoms with van der Waals surface area (Å²) in [5.41, 5.74) is 4.24. The van der Waals surface area contributed by atoms with Crippen molar-refractivity contribution in [2.75, 3.05) is 5.73 Å². The molecule has 78 valence electrons. The van der Waals surface area contributed by atoms with Crippen LogP contribution in [0.1, 0.15) is 11.1 Å². The van der Waals surface area contributed by atoms with Gasteiger partial charge in [0.2, 0.25) is 0 Å². The van der Waals surface area contributed by atoms with E-state index in [-0.39, 0.29) is 16.6 Å².